The lowest BCUT2D eigenvalue weighted by molar-refractivity contribution is 0.114. The number of halogens is 2. The quantitative estimate of drug-likeness (QED) is 0.481. The van der Waals surface area contributed by atoms with Gasteiger partial charge >= 0.3 is 6.03 Å². The number of aromatic nitrogens is 6. The van der Waals surface area contributed by atoms with Crippen LogP contribution in [-0.4, -0.2) is 42.3 Å². The number of nitrogens with zero attached hydrogens (tertiary/aromatic N) is 6. The number of pyridine rings is 1. The Labute approximate surface area is 172 Å². The number of hydrogen-bond donors (Lipinski definition) is 2. The van der Waals surface area contributed by atoms with Gasteiger partial charge in [0.25, 0.3) is 0 Å². The van der Waals surface area contributed by atoms with Gasteiger partial charge in [-0.05, 0) is 29.8 Å². The number of nitrogens with one attached hydrogen (secondary N) is 2. The van der Waals surface area contributed by atoms with E-state index in [0.717, 1.165) is 0 Å². The second-order valence-corrected chi connectivity index (χ2v) is 7.07. The van der Waals surface area contributed by atoms with E-state index in [2.05, 4.69) is 46.7 Å². The largest absolute Gasteiger partial charge is 0.375 e. The maximum atomic E-state index is 14.2. The van der Waals surface area contributed by atoms with E-state index in [-0.39, 0.29) is 17.4 Å². The van der Waals surface area contributed by atoms with Gasteiger partial charge in [-0.1, -0.05) is 0 Å². The summed E-state index contributed by atoms with van der Waals surface area (Å²) in [7, 11) is 1.55. The van der Waals surface area contributed by atoms with Crippen molar-refractivity contribution in [1.29, 1.82) is 0 Å². The number of rotatable bonds is 4. The minimum absolute atomic E-state index is 0.0866. The number of anilines is 2. The number of hydrogen-bond acceptors (Lipinski definition) is 6. The van der Waals surface area contributed by atoms with Gasteiger partial charge in [-0.2, -0.15) is 10.2 Å². The lowest BCUT2D eigenvalue weighted by Gasteiger charge is -2.17. The Balaban J connectivity index is 1.64. The molecular weight excluding hydrogens is 447 g/mol. The molecule has 0 unspecified atom stereocenters. The van der Waals surface area contributed by atoms with Crippen molar-refractivity contribution in [3.05, 3.63) is 46.5 Å². The molecule has 4 rings (SSSR count). The molecule has 10 nitrogen and oxygen atoms in total. The Morgan fingerprint density at radius 1 is 1.31 bits per heavy atom. The van der Waals surface area contributed by atoms with Crippen LogP contribution in [0.5, 0.6) is 0 Å². The highest BCUT2D eigenvalue weighted by molar-refractivity contribution is 9.10. The van der Waals surface area contributed by atoms with E-state index in [0.29, 0.717) is 27.5 Å². The first-order valence-electron chi connectivity index (χ1n) is 8.53. The van der Waals surface area contributed by atoms with Crippen molar-refractivity contribution in [2.75, 3.05) is 17.7 Å². The molecule has 0 aliphatic heterocycles. The fourth-order valence-electron chi connectivity index (χ4n) is 2.93. The molecule has 0 aliphatic rings. The van der Waals surface area contributed by atoms with Gasteiger partial charge in [-0.15, -0.1) is 0 Å². The summed E-state index contributed by atoms with van der Waals surface area (Å²) in [6, 6.07) is 2.33. The molecule has 2 N–H and O–H groups in total. The van der Waals surface area contributed by atoms with E-state index in [1.54, 1.807) is 24.6 Å². The topological polar surface area (TPSA) is 111 Å². The SMILES string of the molecule is CO[C@@H](C)c1c(NC(=O)Nc2cc(F)c3nc(C)nn3c2)cnc2cc(Br)nn12. The molecule has 150 valence electrons. The average Bonchev–Trinajstić information content (AvgIpc) is 3.22. The fraction of sp³-hybridized carbons (Fsp3) is 0.235. The minimum Gasteiger partial charge on any atom is -0.375 e. The van der Waals surface area contributed by atoms with Crippen LogP contribution in [0.4, 0.5) is 20.6 Å². The molecule has 4 aromatic rings. The molecule has 0 radical (unpaired) electrons. The van der Waals surface area contributed by atoms with Crippen LogP contribution in [0, 0.1) is 12.7 Å². The Hall–Kier alpha value is -3.12. The standard InChI is InChI=1S/C17H16BrFN8O2/c1-8(29-3)15-12(6-20-14-5-13(18)25-27(14)15)23-17(28)22-10-4-11(19)16-21-9(2)24-26(16)7-10/h4-8H,1-3H3,(H2,22,23,28)/t8-/m0/s1. The van der Waals surface area contributed by atoms with Crippen LogP contribution in [-0.2, 0) is 4.74 Å². The lowest BCUT2D eigenvalue weighted by atomic mass is 10.2. The third-order valence-electron chi connectivity index (χ3n) is 4.23. The van der Waals surface area contributed by atoms with Crippen molar-refractivity contribution < 1.29 is 13.9 Å². The normalized spacial score (nSPS) is 12.4. The Kier molecular flexibility index (Phi) is 4.88. The highest BCUT2D eigenvalue weighted by Crippen LogP contribution is 2.26. The first kappa shape index (κ1) is 19.2. The average molecular weight is 463 g/mol. The molecule has 4 aromatic heterocycles. The number of methoxy groups -OCH3 is 1. The van der Waals surface area contributed by atoms with E-state index in [9.17, 15) is 9.18 Å². The number of amides is 2. The predicted octanol–water partition coefficient (Wildman–Crippen LogP) is 3.33. The van der Waals surface area contributed by atoms with Crippen LogP contribution < -0.4 is 10.6 Å². The predicted molar refractivity (Wildman–Crippen MR) is 106 cm³/mol. The highest BCUT2D eigenvalue weighted by atomic mass is 79.9. The van der Waals surface area contributed by atoms with E-state index >= 15 is 0 Å². The molecule has 4 heterocycles. The van der Waals surface area contributed by atoms with Gasteiger partial charge in [0.2, 0.25) is 0 Å². The third-order valence-corrected chi connectivity index (χ3v) is 4.62. The lowest BCUT2D eigenvalue weighted by Crippen LogP contribution is -2.22. The zero-order valence-electron chi connectivity index (χ0n) is 15.6. The summed E-state index contributed by atoms with van der Waals surface area (Å²) in [4.78, 5) is 20.8. The van der Waals surface area contributed by atoms with E-state index in [1.807, 2.05) is 6.92 Å². The molecule has 1 atom stereocenters. The molecule has 0 spiro atoms. The molecule has 0 saturated carbocycles. The monoisotopic (exact) mass is 462 g/mol. The summed E-state index contributed by atoms with van der Waals surface area (Å²) in [5.74, 6) is -0.171. The molecular formula is C17H16BrFN8O2. The fourth-order valence-corrected chi connectivity index (χ4v) is 3.29. The number of aryl methyl sites for hydroxylation is 1. The summed E-state index contributed by atoms with van der Waals surface area (Å²) < 4.78 is 23.1. The summed E-state index contributed by atoms with van der Waals surface area (Å²) in [6.07, 6.45) is 2.61. The van der Waals surface area contributed by atoms with Crippen LogP contribution in [0.15, 0.2) is 29.1 Å². The first-order valence-corrected chi connectivity index (χ1v) is 9.32. The maximum Gasteiger partial charge on any atom is 0.323 e. The van der Waals surface area contributed by atoms with Crippen LogP contribution in [0.2, 0.25) is 0 Å². The smallest absolute Gasteiger partial charge is 0.323 e. The van der Waals surface area contributed by atoms with Crippen LogP contribution in [0.25, 0.3) is 11.3 Å². The zero-order valence-corrected chi connectivity index (χ0v) is 17.2. The summed E-state index contributed by atoms with van der Waals surface area (Å²) in [5.41, 5.74) is 1.90. The molecule has 0 saturated heterocycles. The van der Waals surface area contributed by atoms with Crippen LogP contribution in [0.1, 0.15) is 24.5 Å². The number of urea groups is 1. The van der Waals surface area contributed by atoms with E-state index in [1.165, 1.54) is 23.0 Å². The summed E-state index contributed by atoms with van der Waals surface area (Å²) >= 11 is 3.32. The molecule has 0 bridgehead atoms. The van der Waals surface area contributed by atoms with Crippen molar-refractivity contribution in [3.8, 4) is 0 Å². The Morgan fingerprint density at radius 3 is 2.86 bits per heavy atom. The van der Waals surface area contributed by atoms with Gasteiger partial charge in [-0.25, -0.2) is 28.2 Å². The molecule has 29 heavy (non-hydrogen) atoms. The molecule has 12 heteroatoms. The number of carbonyl (C=O) groups is 1. The van der Waals surface area contributed by atoms with Crippen LogP contribution >= 0.6 is 15.9 Å². The van der Waals surface area contributed by atoms with E-state index in [4.69, 9.17) is 4.74 Å². The second kappa shape index (κ2) is 7.37. The third kappa shape index (κ3) is 3.63. The van der Waals surface area contributed by atoms with Gasteiger partial charge in [0.05, 0.1) is 35.6 Å². The van der Waals surface area contributed by atoms with E-state index < -0.39 is 11.8 Å². The molecule has 0 aliphatic carbocycles. The van der Waals surface area contributed by atoms with Gasteiger partial charge in [0.15, 0.2) is 17.1 Å². The second-order valence-electron chi connectivity index (χ2n) is 6.26. The van der Waals surface area contributed by atoms with Crippen molar-refractivity contribution in [2.45, 2.75) is 20.0 Å². The molecule has 0 fully saturated rings. The van der Waals surface area contributed by atoms with Crippen molar-refractivity contribution in [3.63, 3.8) is 0 Å². The van der Waals surface area contributed by atoms with Gasteiger partial charge < -0.3 is 15.4 Å². The number of fused-ring (bicyclic) bond motifs is 2. The van der Waals surface area contributed by atoms with Crippen molar-refractivity contribution >= 4 is 44.6 Å². The summed E-state index contributed by atoms with van der Waals surface area (Å²) in [5, 5.41) is 13.7. The Bertz CT molecular complexity index is 1240. The van der Waals surface area contributed by atoms with Gasteiger partial charge in [0, 0.05) is 19.2 Å². The number of carbonyl (C=O) groups excluding carboxylic acids is 1. The molecule has 0 aromatic carbocycles. The van der Waals surface area contributed by atoms with Gasteiger partial charge in [0.1, 0.15) is 10.4 Å². The first-order chi connectivity index (χ1) is 13.9. The van der Waals surface area contributed by atoms with Gasteiger partial charge in [-0.3, -0.25) is 0 Å². The minimum atomic E-state index is -0.596. The number of ether oxygens (including phenoxy) is 1. The highest BCUT2D eigenvalue weighted by Gasteiger charge is 2.19. The summed E-state index contributed by atoms with van der Waals surface area (Å²) in [6.45, 7) is 3.48. The maximum absolute atomic E-state index is 14.2. The van der Waals surface area contributed by atoms with Crippen LogP contribution in [0.3, 0.4) is 0 Å². The molecule has 2 amide bonds. The Morgan fingerprint density at radius 2 is 2.10 bits per heavy atom. The van der Waals surface area contributed by atoms with Crippen molar-refractivity contribution in [1.82, 2.24) is 29.2 Å². The zero-order chi connectivity index (χ0) is 20.7. The van der Waals surface area contributed by atoms with Crippen molar-refractivity contribution in [2.24, 2.45) is 0 Å².